The average molecular weight is 511 g/mol. The van der Waals surface area contributed by atoms with Crippen molar-refractivity contribution in [1.82, 2.24) is 24.3 Å². The first kappa shape index (κ1) is 26.8. The van der Waals surface area contributed by atoms with Gasteiger partial charge in [-0.05, 0) is 56.5 Å². The summed E-state index contributed by atoms with van der Waals surface area (Å²) < 4.78 is 1.44. The number of piperidine rings is 1. The van der Waals surface area contributed by atoms with Crippen molar-refractivity contribution in [2.75, 3.05) is 44.6 Å². The molecule has 3 heterocycles. The van der Waals surface area contributed by atoms with Crippen molar-refractivity contribution in [1.29, 1.82) is 0 Å². The zero-order chi connectivity index (χ0) is 26.7. The van der Waals surface area contributed by atoms with E-state index in [1.807, 2.05) is 24.3 Å². The quantitative estimate of drug-likeness (QED) is 0.540. The summed E-state index contributed by atoms with van der Waals surface area (Å²) >= 11 is 0. The molecule has 0 aliphatic carbocycles. The van der Waals surface area contributed by atoms with Gasteiger partial charge in [0.2, 0.25) is 5.91 Å². The van der Waals surface area contributed by atoms with Crippen molar-refractivity contribution in [2.24, 2.45) is 17.4 Å². The van der Waals surface area contributed by atoms with Crippen LogP contribution in [0.2, 0.25) is 0 Å². The number of anilines is 1. The number of hydrogen-bond donors (Lipinski definition) is 3. The van der Waals surface area contributed by atoms with Crippen molar-refractivity contribution in [3.63, 3.8) is 0 Å². The van der Waals surface area contributed by atoms with Crippen LogP contribution in [0.15, 0.2) is 41.3 Å². The van der Waals surface area contributed by atoms with Crippen molar-refractivity contribution >= 4 is 17.8 Å². The number of amides is 3. The summed E-state index contributed by atoms with van der Waals surface area (Å²) in [5, 5.41) is 2.69. The highest BCUT2D eigenvalue weighted by Crippen LogP contribution is 2.18. The van der Waals surface area contributed by atoms with Gasteiger partial charge in [0.15, 0.2) is 0 Å². The first-order chi connectivity index (χ1) is 17.5. The number of carbonyl (C=O) groups excluding carboxylic acids is 2. The fraction of sp³-hybridized carbons (Fsp3) is 0.538. The molecule has 37 heavy (non-hydrogen) atoms. The Morgan fingerprint density at radius 3 is 2.30 bits per heavy atom. The lowest BCUT2D eigenvalue weighted by atomic mass is 9.94. The molecule has 2 aliphatic rings. The standard InChI is InChI=1S/C26H38N8O3/c1-18-16-31(10-8-21(18)27)17-19-4-6-20(7-5-19)34-11-9-22(30-25(34)37)29-24(36)33-14-12-32(13-15-33)23(35)26(2,3)28/h4-7,9,11,18,21H,8,10,12-17,27-28H2,1-3H3,(H,29,30,36,37)/t18?,21-/m0/s1. The highest BCUT2D eigenvalue weighted by molar-refractivity contribution is 5.89. The molecule has 3 amide bonds. The maximum Gasteiger partial charge on any atom is 0.354 e. The summed E-state index contributed by atoms with van der Waals surface area (Å²) in [7, 11) is 0. The average Bonchev–Trinajstić information content (AvgIpc) is 2.86. The molecule has 5 N–H and O–H groups in total. The fourth-order valence-electron chi connectivity index (χ4n) is 4.79. The lowest BCUT2D eigenvalue weighted by molar-refractivity contribution is -0.137. The number of rotatable bonds is 5. The number of carbonyl (C=O) groups is 2. The summed E-state index contributed by atoms with van der Waals surface area (Å²) in [6.07, 6.45) is 2.61. The number of piperazine rings is 1. The van der Waals surface area contributed by atoms with Gasteiger partial charge in [0.1, 0.15) is 5.82 Å². The molecule has 0 saturated carbocycles. The Kier molecular flexibility index (Phi) is 7.96. The van der Waals surface area contributed by atoms with Gasteiger partial charge in [0.25, 0.3) is 0 Å². The molecule has 2 fully saturated rings. The van der Waals surface area contributed by atoms with Crippen LogP contribution in [0.4, 0.5) is 10.6 Å². The van der Waals surface area contributed by atoms with Crippen LogP contribution in [0.25, 0.3) is 5.69 Å². The van der Waals surface area contributed by atoms with E-state index in [0.29, 0.717) is 37.8 Å². The number of hydrogen-bond acceptors (Lipinski definition) is 7. The normalized spacial score (nSPS) is 21.1. The predicted molar refractivity (Wildman–Crippen MR) is 142 cm³/mol. The number of aromatic nitrogens is 2. The Morgan fingerprint density at radius 2 is 1.70 bits per heavy atom. The summed E-state index contributed by atoms with van der Waals surface area (Å²) in [5.41, 5.74) is 12.5. The minimum Gasteiger partial charge on any atom is -0.338 e. The monoisotopic (exact) mass is 510 g/mol. The van der Waals surface area contributed by atoms with Crippen molar-refractivity contribution in [3.05, 3.63) is 52.6 Å². The van der Waals surface area contributed by atoms with Gasteiger partial charge in [-0.2, -0.15) is 4.98 Å². The van der Waals surface area contributed by atoms with Gasteiger partial charge < -0.3 is 21.3 Å². The number of urea groups is 1. The Balaban J connectivity index is 1.32. The summed E-state index contributed by atoms with van der Waals surface area (Å²) in [6, 6.07) is 9.36. The molecule has 4 rings (SSSR count). The first-order valence-electron chi connectivity index (χ1n) is 12.8. The third-order valence-electron chi connectivity index (χ3n) is 7.12. The number of nitrogens with zero attached hydrogens (tertiary/aromatic N) is 5. The second kappa shape index (κ2) is 11.0. The second-order valence-electron chi connectivity index (χ2n) is 10.7. The van der Waals surface area contributed by atoms with Crippen LogP contribution in [0.3, 0.4) is 0 Å². The van der Waals surface area contributed by atoms with Gasteiger partial charge in [0.05, 0.1) is 11.2 Å². The number of likely N-dealkylation sites (tertiary alicyclic amines) is 1. The van der Waals surface area contributed by atoms with E-state index in [-0.39, 0.29) is 23.8 Å². The largest absolute Gasteiger partial charge is 0.354 e. The Morgan fingerprint density at radius 1 is 1.05 bits per heavy atom. The molecule has 200 valence electrons. The zero-order valence-corrected chi connectivity index (χ0v) is 21.9. The van der Waals surface area contributed by atoms with Crippen LogP contribution in [0, 0.1) is 5.92 Å². The van der Waals surface area contributed by atoms with Crippen LogP contribution in [0.5, 0.6) is 0 Å². The zero-order valence-electron chi connectivity index (χ0n) is 21.9. The van der Waals surface area contributed by atoms with E-state index in [1.165, 1.54) is 10.1 Å². The smallest absolute Gasteiger partial charge is 0.338 e. The first-order valence-corrected chi connectivity index (χ1v) is 12.8. The van der Waals surface area contributed by atoms with Crippen LogP contribution in [0.1, 0.15) is 32.8 Å². The third-order valence-corrected chi connectivity index (χ3v) is 7.12. The molecule has 0 bridgehead atoms. The topological polar surface area (TPSA) is 143 Å². The van der Waals surface area contributed by atoms with E-state index in [0.717, 1.165) is 26.1 Å². The molecular weight excluding hydrogens is 472 g/mol. The molecule has 1 aromatic carbocycles. The van der Waals surface area contributed by atoms with E-state index in [2.05, 4.69) is 22.1 Å². The number of benzene rings is 1. The van der Waals surface area contributed by atoms with Crippen LogP contribution in [-0.2, 0) is 11.3 Å². The van der Waals surface area contributed by atoms with Crippen LogP contribution >= 0.6 is 0 Å². The minimum absolute atomic E-state index is 0.142. The third kappa shape index (κ3) is 6.54. The van der Waals surface area contributed by atoms with Gasteiger partial charge in [-0.15, -0.1) is 0 Å². The lowest BCUT2D eigenvalue weighted by Gasteiger charge is -2.37. The molecule has 11 heteroatoms. The molecular formula is C26H38N8O3. The van der Waals surface area contributed by atoms with E-state index in [1.54, 1.807) is 35.9 Å². The lowest BCUT2D eigenvalue weighted by Crippen LogP contribution is -2.58. The van der Waals surface area contributed by atoms with Gasteiger partial charge in [-0.3, -0.25) is 19.6 Å². The Hall–Kier alpha value is -3.28. The van der Waals surface area contributed by atoms with Gasteiger partial charge in [0, 0.05) is 51.5 Å². The summed E-state index contributed by atoms with van der Waals surface area (Å²) in [6.45, 7) is 9.92. The molecule has 1 unspecified atom stereocenters. The molecule has 2 saturated heterocycles. The van der Waals surface area contributed by atoms with Crippen LogP contribution < -0.4 is 22.5 Å². The second-order valence-corrected chi connectivity index (χ2v) is 10.7. The van der Waals surface area contributed by atoms with E-state index in [4.69, 9.17) is 11.5 Å². The molecule has 2 aromatic rings. The highest BCUT2D eigenvalue weighted by Gasteiger charge is 2.31. The van der Waals surface area contributed by atoms with Crippen molar-refractivity contribution < 1.29 is 9.59 Å². The number of nitrogens with one attached hydrogen (secondary N) is 1. The molecule has 11 nitrogen and oxygen atoms in total. The summed E-state index contributed by atoms with van der Waals surface area (Å²) in [5.74, 6) is 0.521. The van der Waals surface area contributed by atoms with Crippen LogP contribution in [-0.4, -0.2) is 87.0 Å². The van der Waals surface area contributed by atoms with E-state index < -0.39 is 11.2 Å². The van der Waals surface area contributed by atoms with Gasteiger partial charge >= 0.3 is 11.7 Å². The molecule has 2 aliphatic heterocycles. The maximum atomic E-state index is 12.7. The Bertz CT molecular complexity index is 1170. The fourth-order valence-corrected chi connectivity index (χ4v) is 4.79. The Labute approximate surface area is 217 Å². The molecule has 2 atom stereocenters. The summed E-state index contributed by atoms with van der Waals surface area (Å²) in [4.78, 5) is 47.4. The maximum absolute atomic E-state index is 12.7. The van der Waals surface area contributed by atoms with Crippen molar-refractivity contribution in [2.45, 2.75) is 45.3 Å². The molecule has 0 radical (unpaired) electrons. The van der Waals surface area contributed by atoms with E-state index in [9.17, 15) is 14.4 Å². The number of nitrogens with two attached hydrogens (primary N) is 2. The minimum atomic E-state index is -0.945. The van der Waals surface area contributed by atoms with Crippen molar-refractivity contribution in [3.8, 4) is 5.69 Å². The van der Waals surface area contributed by atoms with Gasteiger partial charge in [-0.1, -0.05) is 19.1 Å². The highest BCUT2D eigenvalue weighted by atomic mass is 16.2. The predicted octanol–water partition coefficient (Wildman–Crippen LogP) is 0.815. The SMILES string of the molecule is CC1CN(Cc2ccc(-n3ccc(NC(=O)N4CCN(C(=O)C(C)(C)N)CC4)nc3=O)cc2)CC[C@@H]1N. The molecule has 0 spiro atoms. The molecule has 1 aromatic heterocycles. The van der Waals surface area contributed by atoms with E-state index >= 15 is 0 Å². The van der Waals surface area contributed by atoms with Gasteiger partial charge in [-0.25, -0.2) is 9.59 Å².